The second-order valence-corrected chi connectivity index (χ2v) is 6.72. The van der Waals surface area contributed by atoms with Crippen molar-refractivity contribution in [1.29, 1.82) is 0 Å². The zero-order valence-electron chi connectivity index (χ0n) is 16.6. The molecule has 2 rings (SSSR count). The van der Waals surface area contributed by atoms with E-state index in [9.17, 15) is 63.2 Å². The second-order valence-electron chi connectivity index (χ2n) is 6.72. The lowest BCUT2D eigenvalue weighted by atomic mass is 9.92. The summed E-state index contributed by atoms with van der Waals surface area (Å²) in [5.41, 5.74) is -13.0. The number of hydrogen-bond donors (Lipinski definition) is 1. The average Bonchev–Trinajstić information content (AvgIpc) is 2.66. The number of ether oxygens (including phenoxy) is 1. The molecule has 0 saturated carbocycles. The number of nitro groups is 1. The third-order valence-corrected chi connectivity index (χ3v) is 4.36. The number of nitrogens with zero attached hydrogens (tertiary/aromatic N) is 1. The van der Waals surface area contributed by atoms with E-state index in [0.717, 1.165) is 6.07 Å². The van der Waals surface area contributed by atoms with E-state index >= 15 is 0 Å². The van der Waals surface area contributed by atoms with Gasteiger partial charge in [-0.05, 0) is 30.7 Å². The summed E-state index contributed by atoms with van der Waals surface area (Å²) in [4.78, 5) is 21.9. The predicted octanol–water partition coefficient (Wildman–Crippen LogP) is 6.48. The number of aryl methyl sites for hydroxylation is 1. The molecule has 35 heavy (non-hydrogen) atoms. The first-order valence-electron chi connectivity index (χ1n) is 8.68. The van der Waals surface area contributed by atoms with E-state index in [1.807, 2.05) is 0 Å². The van der Waals surface area contributed by atoms with E-state index in [1.165, 1.54) is 0 Å². The molecule has 0 aliphatic heterocycles. The molecule has 0 saturated heterocycles. The first-order chi connectivity index (χ1) is 15.7. The van der Waals surface area contributed by atoms with Crippen LogP contribution in [0.4, 0.5) is 59.7 Å². The number of nitrogens with one attached hydrogen (secondary N) is 1. The number of alkyl halides is 10. The summed E-state index contributed by atoms with van der Waals surface area (Å²) in [6.45, 7) is 0.597. The summed E-state index contributed by atoms with van der Waals surface area (Å²) in [6.07, 6.45) is -19.1. The summed E-state index contributed by atoms with van der Waals surface area (Å²) < 4.78 is 149. The van der Waals surface area contributed by atoms with Gasteiger partial charge in [0.05, 0.1) is 16.2 Å². The van der Waals surface area contributed by atoms with Gasteiger partial charge >= 0.3 is 30.1 Å². The molecule has 0 aliphatic rings. The summed E-state index contributed by atoms with van der Waals surface area (Å²) >= 11 is 0. The highest BCUT2D eigenvalue weighted by Gasteiger charge is 2.73. The van der Waals surface area contributed by atoms with Gasteiger partial charge < -0.3 is 10.1 Å². The number of halogens is 11. The lowest BCUT2D eigenvalue weighted by Gasteiger charge is -2.31. The summed E-state index contributed by atoms with van der Waals surface area (Å²) in [7, 11) is 0. The molecule has 0 atom stereocenters. The molecule has 2 aromatic rings. The molecule has 0 radical (unpaired) electrons. The Bertz CT molecular complexity index is 1140. The van der Waals surface area contributed by atoms with Gasteiger partial charge in [0.2, 0.25) is 5.82 Å². The minimum absolute atomic E-state index is 0.149. The molecule has 1 N–H and O–H groups in total. The number of carbonyl (C=O) groups is 1. The van der Waals surface area contributed by atoms with Crippen LogP contribution in [0.1, 0.15) is 21.5 Å². The molecule has 0 spiro atoms. The van der Waals surface area contributed by atoms with Crippen molar-refractivity contribution < 1.29 is 62.7 Å². The third-order valence-electron chi connectivity index (χ3n) is 4.36. The molecule has 0 heterocycles. The van der Waals surface area contributed by atoms with Gasteiger partial charge in [-0.1, -0.05) is 6.07 Å². The van der Waals surface area contributed by atoms with E-state index in [0.29, 0.717) is 19.1 Å². The van der Waals surface area contributed by atoms with E-state index in [4.69, 9.17) is 0 Å². The maximum Gasteiger partial charge on any atom is 0.573 e. The number of anilines is 1. The molecule has 192 valence electrons. The smallest absolute Gasteiger partial charge is 0.404 e. The molecule has 6 nitrogen and oxygen atoms in total. The monoisotopic (exact) mass is 526 g/mol. The van der Waals surface area contributed by atoms with Gasteiger partial charge in [-0.25, -0.2) is 4.39 Å². The van der Waals surface area contributed by atoms with Crippen LogP contribution in [-0.4, -0.2) is 29.5 Å². The normalized spacial score (nSPS) is 12.9. The molecule has 0 unspecified atom stereocenters. The largest absolute Gasteiger partial charge is 0.573 e. The quantitative estimate of drug-likeness (QED) is 0.275. The number of hydrogen-bond acceptors (Lipinski definition) is 4. The van der Waals surface area contributed by atoms with Crippen LogP contribution >= 0.6 is 0 Å². The van der Waals surface area contributed by atoms with Gasteiger partial charge in [0.25, 0.3) is 5.91 Å². The zero-order valence-corrected chi connectivity index (χ0v) is 16.6. The molecule has 1 amide bonds. The highest BCUT2D eigenvalue weighted by Crippen LogP contribution is 2.54. The Labute approximate surface area is 186 Å². The second kappa shape index (κ2) is 8.84. The molecular formula is C18H9F11N2O4. The molecule has 0 bridgehead atoms. The van der Waals surface area contributed by atoms with E-state index in [-0.39, 0.29) is 6.07 Å². The van der Waals surface area contributed by atoms with Crippen molar-refractivity contribution in [3.05, 3.63) is 63.0 Å². The number of amides is 1. The highest BCUT2D eigenvalue weighted by atomic mass is 19.4. The fourth-order valence-electron chi connectivity index (χ4n) is 2.82. The first-order valence-corrected chi connectivity index (χ1v) is 8.68. The van der Waals surface area contributed by atoms with Crippen LogP contribution in [-0.2, 0) is 5.67 Å². The van der Waals surface area contributed by atoms with E-state index < -0.39 is 80.9 Å². The van der Waals surface area contributed by atoms with Crippen molar-refractivity contribution in [2.45, 2.75) is 31.3 Å². The molecule has 0 aliphatic carbocycles. The Morgan fingerprint density at radius 1 is 0.971 bits per heavy atom. The summed E-state index contributed by atoms with van der Waals surface area (Å²) in [5, 5.41) is 12.4. The van der Waals surface area contributed by atoms with Crippen LogP contribution < -0.4 is 10.1 Å². The minimum Gasteiger partial charge on any atom is -0.404 e. The van der Waals surface area contributed by atoms with Crippen molar-refractivity contribution in [3.63, 3.8) is 0 Å². The lowest BCUT2D eigenvalue weighted by Crippen LogP contribution is -2.50. The zero-order chi connectivity index (χ0) is 27.1. The molecule has 2 aromatic carbocycles. The summed E-state index contributed by atoms with van der Waals surface area (Å²) in [6, 6.07) is 1.35. The maximum atomic E-state index is 14.4. The van der Waals surface area contributed by atoms with Gasteiger partial charge in [0, 0.05) is 11.6 Å². The topological polar surface area (TPSA) is 81.5 Å². The Hall–Kier alpha value is -3.66. The molecular weight excluding hydrogens is 517 g/mol. The van der Waals surface area contributed by atoms with Gasteiger partial charge in [-0.3, -0.25) is 14.9 Å². The fourth-order valence-corrected chi connectivity index (χ4v) is 2.82. The third kappa shape index (κ3) is 5.37. The van der Waals surface area contributed by atoms with Gasteiger partial charge in [0.1, 0.15) is 0 Å². The Morgan fingerprint density at radius 3 is 1.97 bits per heavy atom. The number of rotatable bonds is 5. The average molecular weight is 526 g/mol. The first kappa shape index (κ1) is 27.6. The van der Waals surface area contributed by atoms with Crippen molar-refractivity contribution in [2.24, 2.45) is 0 Å². The van der Waals surface area contributed by atoms with Gasteiger partial charge in [0.15, 0.2) is 5.75 Å². The van der Waals surface area contributed by atoms with E-state index in [2.05, 4.69) is 4.74 Å². The van der Waals surface area contributed by atoms with Gasteiger partial charge in [-0.2, -0.15) is 30.7 Å². The minimum atomic E-state index is -6.68. The standard InChI is InChI=1S/C18H9F11N2O4/c1-7-5-8(15(20,16(21,22)23)17(24,25)26)6-11(35-18(27,28)29)13(7)30-14(32)9-3-2-4-10(12(9)19)31(33)34/h2-6H,1H3,(H,30,32). The van der Waals surface area contributed by atoms with Crippen LogP contribution in [0.3, 0.4) is 0 Å². The molecule has 0 fully saturated rings. The maximum absolute atomic E-state index is 14.4. The van der Waals surface area contributed by atoms with Crippen molar-refractivity contribution in [3.8, 4) is 5.75 Å². The summed E-state index contributed by atoms with van der Waals surface area (Å²) in [5.74, 6) is -5.34. The van der Waals surface area contributed by atoms with Crippen molar-refractivity contribution in [2.75, 3.05) is 5.32 Å². The van der Waals surface area contributed by atoms with Crippen molar-refractivity contribution in [1.82, 2.24) is 0 Å². The van der Waals surface area contributed by atoms with Gasteiger partial charge in [-0.15, -0.1) is 13.2 Å². The van der Waals surface area contributed by atoms with Crippen LogP contribution in [0.25, 0.3) is 0 Å². The molecule has 17 heteroatoms. The van der Waals surface area contributed by atoms with E-state index in [1.54, 1.807) is 5.32 Å². The number of nitro benzene ring substituents is 1. The van der Waals surface area contributed by atoms with Crippen LogP contribution in [0.2, 0.25) is 0 Å². The van der Waals surface area contributed by atoms with Crippen LogP contribution in [0, 0.1) is 22.9 Å². The Morgan fingerprint density at radius 2 is 1.51 bits per heavy atom. The van der Waals surface area contributed by atoms with Crippen LogP contribution in [0.5, 0.6) is 5.75 Å². The fraction of sp³-hybridized carbons (Fsp3) is 0.278. The van der Waals surface area contributed by atoms with Crippen LogP contribution in [0.15, 0.2) is 30.3 Å². The highest BCUT2D eigenvalue weighted by molar-refractivity contribution is 6.06. The SMILES string of the molecule is Cc1cc(C(F)(C(F)(F)F)C(F)(F)F)cc(OC(F)(F)F)c1NC(=O)c1cccc([N+](=O)[O-])c1F. The number of carbonyl (C=O) groups excluding carboxylic acids is 1. The number of benzene rings is 2. The van der Waals surface area contributed by atoms with Crippen molar-refractivity contribution >= 4 is 17.3 Å². The Balaban J connectivity index is 2.71. The molecule has 0 aromatic heterocycles. The Kier molecular flexibility index (Phi) is 6.97. The predicted molar refractivity (Wildman–Crippen MR) is 93.8 cm³/mol. The lowest BCUT2D eigenvalue weighted by molar-refractivity contribution is -0.387.